The molecule has 1 N–H and O–H groups in total. The summed E-state index contributed by atoms with van der Waals surface area (Å²) in [6.07, 6.45) is -1.39. The fraction of sp³-hybridized carbons (Fsp3) is 0.294. The average molecular weight is 378 g/mol. The molecule has 1 aromatic carbocycles. The molecule has 0 radical (unpaired) electrons. The Morgan fingerprint density at radius 2 is 1.85 bits per heavy atom. The van der Waals surface area contributed by atoms with Crippen LogP contribution in [-0.2, 0) is 13.0 Å². The minimum absolute atomic E-state index is 0.0554. The highest BCUT2D eigenvalue weighted by atomic mass is 19.4. The van der Waals surface area contributed by atoms with Crippen molar-refractivity contribution < 1.29 is 17.9 Å². The molecule has 0 atom stereocenters. The number of benzene rings is 1. The Hall–Kier alpha value is -3.17. The second kappa shape index (κ2) is 7.60. The van der Waals surface area contributed by atoms with Gasteiger partial charge in [-0.15, -0.1) is 0 Å². The number of ether oxygens (including phenoxy) is 1. The van der Waals surface area contributed by atoms with Crippen molar-refractivity contribution in [1.82, 2.24) is 24.7 Å². The SMILES string of the molecule is CNc1ncc(-c2nc(Cc3ccccc3OC)nn2CC(F)(F)F)cn1. The second-order valence-electron chi connectivity index (χ2n) is 5.66. The van der Waals surface area contributed by atoms with Gasteiger partial charge in [0.05, 0.1) is 12.7 Å². The summed E-state index contributed by atoms with van der Waals surface area (Å²) >= 11 is 0. The van der Waals surface area contributed by atoms with Gasteiger partial charge in [0.1, 0.15) is 12.3 Å². The molecule has 3 rings (SSSR count). The van der Waals surface area contributed by atoms with Crippen LogP contribution in [0.5, 0.6) is 5.75 Å². The smallest absolute Gasteiger partial charge is 0.408 e. The van der Waals surface area contributed by atoms with E-state index in [1.165, 1.54) is 19.5 Å². The number of halogens is 3. The van der Waals surface area contributed by atoms with Gasteiger partial charge in [-0.1, -0.05) is 18.2 Å². The third-order valence-electron chi connectivity index (χ3n) is 3.72. The molecule has 0 bridgehead atoms. The third kappa shape index (κ3) is 4.52. The molecular weight excluding hydrogens is 361 g/mol. The highest BCUT2D eigenvalue weighted by molar-refractivity contribution is 5.53. The standard InChI is InChI=1S/C17H17F3N6O/c1-21-16-22-8-12(9-23-16)15-24-14(25-26(15)10-17(18,19)20)7-11-5-3-4-6-13(11)27-2/h3-6,8-9H,7,10H2,1-2H3,(H,21,22,23). The largest absolute Gasteiger partial charge is 0.496 e. The zero-order chi connectivity index (χ0) is 19.4. The maximum Gasteiger partial charge on any atom is 0.408 e. The first-order valence-electron chi connectivity index (χ1n) is 8.02. The van der Waals surface area contributed by atoms with Crippen LogP contribution in [0.3, 0.4) is 0 Å². The number of alkyl halides is 3. The number of hydrogen-bond acceptors (Lipinski definition) is 6. The van der Waals surface area contributed by atoms with Crippen LogP contribution in [0, 0.1) is 0 Å². The quantitative estimate of drug-likeness (QED) is 0.711. The van der Waals surface area contributed by atoms with Crippen molar-refractivity contribution in [2.24, 2.45) is 0 Å². The molecule has 0 aliphatic rings. The predicted molar refractivity (Wildman–Crippen MR) is 92.4 cm³/mol. The van der Waals surface area contributed by atoms with Gasteiger partial charge in [0.2, 0.25) is 5.95 Å². The number of aromatic nitrogens is 5. The van der Waals surface area contributed by atoms with Gasteiger partial charge >= 0.3 is 6.18 Å². The van der Waals surface area contributed by atoms with E-state index >= 15 is 0 Å². The first kappa shape index (κ1) is 18.6. The van der Waals surface area contributed by atoms with Gasteiger partial charge in [0.25, 0.3) is 0 Å². The lowest BCUT2D eigenvalue weighted by atomic mass is 10.1. The lowest BCUT2D eigenvalue weighted by molar-refractivity contribution is -0.142. The number of nitrogens with zero attached hydrogens (tertiary/aromatic N) is 5. The summed E-state index contributed by atoms with van der Waals surface area (Å²) in [5, 5.41) is 6.79. The van der Waals surface area contributed by atoms with Gasteiger partial charge in [-0.2, -0.15) is 18.3 Å². The van der Waals surface area contributed by atoms with Crippen molar-refractivity contribution in [2.75, 3.05) is 19.5 Å². The van der Waals surface area contributed by atoms with Gasteiger partial charge in [0.15, 0.2) is 11.6 Å². The van der Waals surface area contributed by atoms with E-state index in [1.807, 2.05) is 18.2 Å². The van der Waals surface area contributed by atoms with Crippen molar-refractivity contribution >= 4 is 5.95 Å². The summed E-state index contributed by atoms with van der Waals surface area (Å²) in [5.74, 6) is 1.28. The molecule has 0 unspecified atom stereocenters. The topological polar surface area (TPSA) is 77.8 Å². The van der Waals surface area contributed by atoms with Gasteiger partial charge < -0.3 is 10.1 Å². The Labute approximate surface area is 153 Å². The predicted octanol–water partition coefficient (Wildman–Crippen LogP) is 2.94. The molecule has 10 heteroatoms. The van der Waals surface area contributed by atoms with E-state index in [1.54, 1.807) is 13.1 Å². The van der Waals surface area contributed by atoms with Crippen LogP contribution < -0.4 is 10.1 Å². The average Bonchev–Trinajstić information content (AvgIpc) is 3.02. The zero-order valence-corrected chi connectivity index (χ0v) is 14.7. The van der Waals surface area contributed by atoms with E-state index in [2.05, 4.69) is 25.4 Å². The van der Waals surface area contributed by atoms with Crippen molar-refractivity contribution in [3.63, 3.8) is 0 Å². The highest BCUT2D eigenvalue weighted by Crippen LogP contribution is 2.25. The maximum absolute atomic E-state index is 13.0. The molecule has 3 aromatic rings. The van der Waals surface area contributed by atoms with E-state index < -0.39 is 12.7 Å². The molecule has 27 heavy (non-hydrogen) atoms. The molecule has 0 saturated carbocycles. The Balaban J connectivity index is 1.98. The monoisotopic (exact) mass is 378 g/mol. The van der Waals surface area contributed by atoms with E-state index in [-0.39, 0.29) is 18.1 Å². The van der Waals surface area contributed by atoms with E-state index in [0.717, 1.165) is 10.2 Å². The van der Waals surface area contributed by atoms with Gasteiger partial charge in [-0.25, -0.2) is 19.6 Å². The van der Waals surface area contributed by atoms with Crippen molar-refractivity contribution in [3.05, 3.63) is 48.0 Å². The fourth-order valence-corrected chi connectivity index (χ4v) is 2.55. The molecule has 0 fully saturated rings. The maximum atomic E-state index is 13.0. The van der Waals surface area contributed by atoms with Crippen LogP contribution in [0.1, 0.15) is 11.4 Å². The number of rotatable bonds is 6. The van der Waals surface area contributed by atoms with Crippen molar-refractivity contribution in [2.45, 2.75) is 19.1 Å². The normalized spacial score (nSPS) is 11.4. The van der Waals surface area contributed by atoms with E-state index in [9.17, 15) is 13.2 Å². The molecule has 7 nitrogen and oxygen atoms in total. The van der Waals surface area contributed by atoms with E-state index in [4.69, 9.17) is 4.74 Å². The van der Waals surface area contributed by atoms with Crippen LogP contribution in [0.25, 0.3) is 11.4 Å². The van der Waals surface area contributed by atoms with Crippen LogP contribution >= 0.6 is 0 Å². The molecule has 2 aromatic heterocycles. The van der Waals surface area contributed by atoms with E-state index in [0.29, 0.717) is 17.3 Å². The first-order chi connectivity index (χ1) is 12.9. The summed E-state index contributed by atoms with van der Waals surface area (Å²) in [5.41, 5.74) is 1.12. The van der Waals surface area contributed by atoms with Crippen molar-refractivity contribution in [3.8, 4) is 17.1 Å². The molecule has 0 amide bonds. The Kier molecular flexibility index (Phi) is 5.24. The van der Waals surface area contributed by atoms with Gasteiger partial charge in [-0.3, -0.25) is 0 Å². The lowest BCUT2D eigenvalue weighted by Crippen LogP contribution is -2.19. The molecule has 0 saturated heterocycles. The van der Waals surface area contributed by atoms with Gasteiger partial charge in [0, 0.05) is 31.4 Å². The number of hydrogen-bond donors (Lipinski definition) is 1. The van der Waals surface area contributed by atoms with Crippen LogP contribution in [0.4, 0.5) is 19.1 Å². The minimum atomic E-state index is -4.43. The Bertz CT molecular complexity index is 908. The van der Waals surface area contributed by atoms with Crippen LogP contribution in [-0.4, -0.2) is 45.1 Å². The fourth-order valence-electron chi connectivity index (χ4n) is 2.55. The summed E-state index contributed by atoms with van der Waals surface area (Å²) in [6.45, 7) is -1.25. The lowest BCUT2D eigenvalue weighted by Gasteiger charge is -2.08. The first-order valence-corrected chi connectivity index (χ1v) is 8.02. The second-order valence-corrected chi connectivity index (χ2v) is 5.66. The highest BCUT2D eigenvalue weighted by Gasteiger charge is 2.31. The molecule has 0 aliphatic carbocycles. The Morgan fingerprint density at radius 3 is 2.48 bits per heavy atom. The van der Waals surface area contributed by atoms with Crippen LogP contribution in [0.15, 0.2) is 36.7 Å². The number of anilines is 1. The van der Waals surface area contributed by atoms with Crippen molar-refractivity contribution in [1.29, 1.82) is 0 Å². The molecule has 2 heterocycles. The molecular formula is C17H17F3N6O. The zero-order valence-electron chi connectivity index (χ0n) is 14.7. The van der Waals surface area contributed by atoms with Gasteiger partial charge in [-0.05, 0) is 6.07 Å². The molecule has 142 valence electrons. The molecule has 0 aliphatic heterocycles. The van der Waals surface area contributed by atoms with Crippen LogP contribution in [0.2, 0.25) is 0 Å². The molecule has 0 spiro atoms. The summed E-state index contributed by atoms with van der Waals surface area (Å²) in [6, 6.07) is 7.21. The summed E-state index contributed by atoms with van der Waals surface area (Å²) in [4.78, 5) is 12.3. The number of methoxy groups -OCH3 is 1. The number of para-hydroxylation sites is 1. The summed E-state index contributed by atoms with van der Waals surface area (Å²) < 4.78 is 45.0. The summed E-state index contributed by atoms with van der Waals surface area (Å²) in [7, 11) is 3.17. The third-order valence-corrected chi connectivity index (χ3v) is 3.72. The minimum Gasteiger partial charge on any atom is -0.496 e. The Morgan fingerprint density at radius 1 is 1.15 bits per heavy atom. The number of nitrogens with one attached hydrogen (secondary N) is 1.